The molecular formula is C18H19N2O2S-. The Morgan fingerprint density at radius 2 is 1.74 bits per heavy atom. The van der Waals surface area contributed by atoms with E-state index in [0.29, 0.717) is 12.1 Å². The van der Waals surface area contributed by atoms with Crippen molar-refractivity contribution in [2.75, 3.05) is 4.90 Å². The van der Waals surface area contributed by atoms with Gasteiger partial charge < -0.3 is 17.4 Å². The number of nitrogens with zero attached hydrogens (tertiary/aromatic N) is 2. The van der Waals surface area contributed by atoms with Gasteiger partial charge in [-0.25, -0.2) is 0 Å². The monoisotopic (exact) mass is 327 g/mol. The molecule has 4 nitrogen and oxygen atoms in total. The first-order valence-corrected chi connectivity index (χ1v) is 7.75. The van der Waals surface area contributed by atoms with Gasteiger partial charge >= 0.3 is 0 Å². The van der Waals surface area contributed by atoms with Gasteiger partial charge in [0, 0.05) is 23.7 Å². The molecule has 0 N–H and O–H groups in total. The Bertz CT molecular complexity index is 708. The second-order valence-corrected chi connectivity index (χ2v) is 6.63. The fraction of sp³-hybridized carbons (Fsp3) is 0.278. The minimum Gasteiger partial charge on any atom is -0.718 e. The molecule has 23 heavy (non-hydrogen) atoms. The number of para-hydroxylation sites is 1. The average molecular weight is 327 g/mol. The maximum absolute atomic E-state index is 12.6. The molecule has 120 valence electrons. The fourth-order valence-corrected chi connectivity index (χ4v) is 2.38. The van der Waals surface area contributed by atoms with E-state index in [4.69, 9.17) is 12.6 Å². The number of carbonyl (C=O) groups is 2. The Hall–Kier alpha value is -2.27. The zero-order valence-electron chi connectivity index (χ0n) is 13.4. The molecule has 1 heterocycles. The second-order valence-electron chi connectivity index (χ2n) is 6.28. The summed E-state index contributed by atoms with van der Waals surface area (Å²) in [6.07, 6.45) is 2.24. The summed E-state index contributed by atoms with van der Waals surface area (Å²) in [6.45, 7) is 5.30. The van der Waals surface area contributed by atoms with Crippen molar-refractivity contribution in [3.63, 3.8) is 0 Å². The third-order valence-electron chi connectivity index (χ3n) is 3.36. The highest BCUT2D eigenvalue weighted by molar-refractivity contribution is 7.77. The minimum atomic E-state index is -0.702. The van der Waals surface area contributed by atoms with Gasteiger partial charge in [0.2, 0.25) is 5.91 Å². The molecule has 2 aromatic rings. The van der Waals surface area contributed by atoms with Crippen molar-refractivity contribution >= 4 is 29.5 Å². The Balaban J connectivity index is 2.45. The van der Waals surface area contributed by atoms with Gasteiger partial charge in [-0.05, 0) is 23.8 Å². The third kappa shape index (κ3) is 4.13. The molecular weight excluding hydrogens is 308 g/mol. The number of aromatic nitrogens is 1. The lowest BCUT2D eigenvalue weighted by atomic mass is 9.94. The summed E-state index contributed by atoms with van der Waals surface area (Å²) in [5, 5.41) is -0.696. The number of pyridine rings is 1. The quantitative estimate of drug-likeness (QED) is 0.806. The molecule has 0 fully saturated rings. The van der Waals surface area contributed by atoms with Gasteiger partial charge in [0.15, 0.2) is 0 Å². The maximum Gasteiger partial charge on any atom is 0.237 e. The van der Waals surface area contributed by atoms with Crippen LogP contribution in [0.5, 0.6) is 0 Å². The maximum atomic E-state index is 12.6. The van der Waals surface area contributed by atoms with Crippen molar-refractivity contribution in [2.24, 2.45) is 5.41 Å². The topological polar surface area (TPSA) is 50.3 Å². The summed E-state index contributed by atoms with van der Waals surface area (Å²) < 4.78 is 0. The molecule has 0 aliphatic carbocycles. The van der Waals surface area contributed by atoms with E-state index in [1.807, 2.05) is 30.3 Å². The first-order chi connectivity index (χ1) is 10.8. The van der Waals surface area contributed by atoms with E-state index in [2.05, 4.69) is 4.98 Å². The number of benzene rings is 1. The number of carbonyl (C=O) groups excluding carboxylic acids is 2. The van der Waals surface area contributed by atoms with Gasteiger partial charge in [-0.1, -0.05) is 45.0 Å². The lowest BCUT2D eigenvalue weighted by molar-refractivity contribution is -0.124. The predicted molar refractivity (Wildman–Crippen MR) is 93.2 cm³/mol. The number of amides is 2. The Labute approximate surface area is 142 Å². The van der Waals surface area contributed by atoms with Crippen LogP contribution in [-0.4, -0.2) is 16.1 Å². The highest BCUT2D eigenvalue weighted by Gasteiger charge is 2.30. The van der Waals surface area contributed by atoms with Crippen molar-refractivity contribution in [1.82, 2.24) is 4.98 Å². The smallest absolute Gasteiger partial charge is 0.237 e. The molecule has 0 saturated carbocycles. The minimum absolute atomic E-state index is 0.314. The van der Waals surface area contributed by atoms with Crippen molar-refractivity contribution in [3.05, 3.63) is 59.9 Å². The van der Waals surface area contributed by atoms with Crippen LogP contribution >= 0.6 is 0 Å². The lowest BCUT2D eigenvalue weighted by Crippen LogP contribution is -2.42. The number of rotatable bonds is 3. The number of imide groups is 1. The van der Waals surface area contributed by atoms with Crippen LogP contribution in [0.15, 0.2) is 48.7 Å². The molecule has 5 heteroatoms. The summed E-state index contributed by atoms with van der Waals surface area (Å²) in [4.78, 5) is 30.0. The number of anilines is 1. The third-order valence-corrected chi connectivity index (χ3v) is 3.54. The summed E-state index contributed by atoms with van der Waals surface area (Å²) >= 11 is 4.80. The van der Waals surface area contributed by atoms with E-state index in [9.17, 15) is 9.59 Å². The zero-order chi connectivity index (χ0) is 17.0. The molecule has 0 spiro atoms. The fourth-order valence-electron chi connectivity index (χ4n) is 2.20. The number of hydrogen-bond donors (Lipinski definition) is 0. The van der Waals surface area contributed by atoms with E-state index in [-0.39, 0.29) is 5.91 Å². The molecule has 0 bridgehead atoms. The molecule has 0 aliphatic heterocycles. The van der Waals surface area contributed by atoms with Gasteiger partial charge in [0.05, 0.1) is 5.69 Å². The van der Waals surface area contributed by atoms with Crippen molar-refractivity contribution < 1.29 is 9.59 Å². The van der Waals surface area contributed by atoms with Crippen LogP contribution in [-0.2, 0) is 23.8 Å². The predicted octanol–water partition coefficient (Wildman–Crippen LogP) is 3.72. The van der Waals surface area contributed by atoms with Crippen molar-refractivity contribution in [1.29, 1.82) is 0 Å². The van der Waals surface area contributed by atoms with Crippen LogP contribution in [0.3, 0.4) is 0 Å². The highest BCUT2D eigenvalue weighted by Crippen LogP contribution is 2.28. The van der Waals surface area contributed by atoms with E-state index in [1.165, 1.54) is 0 Å². The van der Waals surface area contributed by atoms with Crippen LogP contribution in [0, 0.1) is 5.41 Å². The first kappa shape index (κ1) is 17.1. The standard InChI is InChI=1S/C18H20N2O2S/c1-18(2,3)16(21)20(17(22)23)15-10-5-4-8-13(15)12-14-9-6-7-11-19-14/h4-11H,12H2,1-3H3,(H,22,23)/p-1. The average Bonchev–Trinajstić information content (AvgIpc) is 2.49. The Kier molecular flexibility index (Phi) is 5.11. The van der Waals surface area contributed by atoms with E-state index in [0.717, 1.165) is 16.2 Å². The molecule has 2 rings (SSSR count). The lowest BCUT2D eigenvalue weighted by Gasteiger charge is -2.32. The summed E-state index contributed by atoms with van der Waals surface area (Å²) in [6, 6.07) is 12.9. The van der Waals surface area contributed by atoms with Crippen LogP contribution < -0.4 is 4.90 Å². The SMILES string of the molecule is CC(C)(C)C(=O)N(C(=O)[S-])c1ccccc1Cc1ccccn1. The van der Waals surface area contributed by atoms with Crippen LogP contribution in [0.4, 0.5) is 10.5 Å². The molecule has 0 unspecified atom stereocenters. The van der Waals surface area contributed by atoms with E-state index < -0.39 is 10.7 Å². The Morgan fingerprint density at radius 1 is 1.09 bits per heavy atom. The van der Waals surface area contributed by atoms with E-state index in [1.54, 1.807) is 39.1 Å². The van der Waals surface area contributed by atoms with Crippen LogP contribution in [0.2, 0.25) is 0 Å². The normalized spacial score (nSPS) is 11.1. The van der Waals surface area contributed by atoms with Crippen molar-refractivity contribution in [2.45, 2.75) is 27.2 Å². The molecule has 0 saturated heterocycles. The van der Waals surface area contributed by atoms with Gasteiger partial charge in [0.1, 0.15) is 5.24 Å². The molecule has 0 atom stereocenters. The summed E-state index contributed by atoms with van der Waals surface area (Å²) in [5.41, 5.74) is 1.52. The number of hydrogen-bond acceptors (Lipinski definition) is 4. The summed E-state index contributed by atoms with van der Waals surface area (Å²) in [7, 11) is 0. The van der Waals surface area contributed by atoms with Gasteiger partial charge in [0.25, 0.3) is 0 Å². The molecule has 0 radical (unpaired) electrons. The summed E-state index contributed by atoms with van der Waals surface area (Å²) in [5.74, 6) is -0.314. The van der Waals surface area contributed by atoms with Crippen molar-refractivity contribution in [3.8, 4) is 0 Å². The largest absolute Gasteiger partial charge is 0.718 e. The van der Waals surface area contributed by atoms with Gasteiger partial charge in [-0.15, -0.1) is 0 Å². The second kappa shape index (κ2) is 6.87. The van der Waals surface area contributed by atoms with Gasteiger partial charge in [-0.3, -0.25) is 14.7 Å². The molecule has 1 aromatic carbocycles. The Morgan fingerprint density at radius 3 is 2.30 bits per heavy atom. The van der Waals surface area contributed by atoms with Crippen LogP contribution in [0.25, 0.3) is 0 Å². The first-order valence-electron chi connectivity index (χ1n) is 7.34. The van der Waals surface area contributed by atoms with Gasteiger partial charge in [-0.2, -0.15) is 0 Å². The molecule has 1 aromatic heterocycles. The van der Waals surface area contributed by atoms with E-state index >= 15 is 0 Å². The highest BCUT2D eigenvalue weighted by atomic mass is 32.1. The molecule has 0 aliphatic rings. The zero-order valence-corrected chi connectivity index (χ0v) is 14.3. The molecule has 2 amide bonds. The van der Waals surface area contributed by atoms with Crippen LogP contribution in [0.1, 0.15) is 32.0 Å².